The van der Waals surface area contributed by atoms with E-state index in [0.29, 0.717) is 19.0 Å². The third-order valence-corrected chi connectivity index (χ3v) is 7.62. The van der Waals surface area contributed by atoms with E-state index in [0.717, 1.165) is 49.3 Å². The lowest BCUT2D eigenvalue weighted by atomic mass is 9.92. The number of fused-ring (bicyclic) bond motifs is 1. The number of carbonyl (C=O) groups excluding carboxylic acids is 1. The van der Waals surface area contributed by atoms with Crippen molar-refractivity contribution in [1.29, 1.82) is 0 Å². The van der Waals surface area contributed by atoms with Gasteiger partial charge in [-0.25, -0.2) is 19.6 Å². The number of carboxylic acid groups (broad SMARTS) is 1. The molecule has 0 spiro atoms. The molecule has 3 aliphatic rings. The summed E-state index contributed by atoms with van der Waals surface area (Å²) in [5, 5.41) is 18.2. The first-order chi connectivity index (χ1) is 19.9. The van der Waals surface area contributed by atoms with E-state index in [2.05, 4.69) is 33.1 Å². The third-order valence-electron chi connectivity index (χ3n) is 7.62. The van der Waals surface area contributed by atoms with Crippen molar-refractivity contribution in [2.75, 3.05) is 45.2 Å². The average molecular weight is 566 g/mol. The molecular weight excluding hydrogens is 529 g/mol. The molecule has 218 valence electrons. The minimum absolute atomic E-state index is 0.00486. The number of alkyl carbamates (subject to hydrolysis) is 1. The minimum Gasteiger partial charge on any atom is -0.480 e. The predicted molar refractivity (Wildman–Crippen MR) is 152 cm³/mol. The third kappa shape index (κ3) is 6.87. The van der Waals surface area contributed by atoms with E-state index in [9.17, 15) is 14.7 Å². The first-order valence-corrected chi connectivity index (χ1v) is 14.0. The Balaban J connectivity index is 1.16. The van der Waals surface area contributed by atoms with Crippen LogP contribution in [-0.4, -0.2) is 83.7 Å². The van der Waals surface area contributed by atoms with Gasteiger partial charge in [0.2, 0.25) is 5.83 Å². The van der Waals surface area contributed by atoms with Gasteiger partial charge < -0.3 is 35.6 Å². The highest BCUT2D eigenvalue weighted by Gasteiger charge is 2.31. The van der Waals surface area contributed by atoms with Gasteiger partial charge in [-0.05, 0) is 42.9 Å². The molecule has 0 saturated carbocycles. The van der Waals surface area contributed by atoms with Crippen LogP contribution in [0.1, 0.15) is 42.0 Å². The number of anilines is 1. The fourth-order valence-electron chi connectivity index (χ4n) is 5.30. The van der Waals surface area contributed by atoms with Gasteiger partial charge in [-0.2, -0.15) is 4.39 Å². The van der Waals surface area contributed by atoms with Gasteiger partial charge in [0.25, 0.3) is 0 Å². The van der Waals surface area contributed by atoms with Gasteiger partial charge in [0.1, 0.15) is 31.0 Å². The van der Waals surface area contributed by atoms with Crippen LogP contribution in [-0.2, 0) is 22.6 Å². The molecule has 12 heteroatoms. The topological polar surface area (TPSA) is 131 Å². The Labute approximate surface area is 238 Å². The van der Waals surface area contributed by atoms with Crippen molar-refractivity contribution in [3.63, 3.8) is 0 Å². The van der Waals surface area contributed by atoms with Crippen molar-refractivity contribution < 1.29 is 23.8 Å². The SMILES string of the molecule is CN1CN=C(N2CCC(c3ccc4c(n3)NCCC4)CC2)C(F)=C1NC[C@H](NC(=O)OCc1ccccc1)C(=O)O. The van der Waals surface area contributed by atoms with E-state index >= 15 is 4.39 Å². The van der Waals surface area contributed by atoms with E-state index in [1.54, 1.807) is 24.1 Å². The number of carboxylic acids is 1. The number of carbonyl (C=O) groups is 2. The first-order valence-electron chi connectivity index (χ1n) is 14.0. The zero-order valence-electron chi connectivity index (χ0n) is 23.1. The van der Waals surface area contributed by atoms with Crippen molar-refractivity contribution in [3.8, 4) is 0 Å². The smallest absolute Gasteiger partial charge is 0.408 e. The van der Waals surface area contributed by atoms with Crippen LogP contribution >= 0.6 is 0 Å². The molecule has 41 heavy (non-hydrogen) atoms. The van der Waals surface area contributed by atoms with Crippen LogP contribution < -0.4 is 16.0 Å². The number of pyridine rings is 1. The van der Waals surface area contributed by atoms with Gasteiger partial charge in [0, 0.05) is 44.8 Å². The second-order valence-electron chi connectivity index (χ2n) is 10.5. The summed E-state index contributed by atoms with van der Waals surface area (Å²) >= 11 is 0. The number of likely N-dealkylation sites (tertiary alicyclic amines) is 1. The van der Waals surface area contributed by atoms with Crippen molar-refractivity contribution in [2.24, 2.45) is 4.99 Å². The minimum atomic E-state index is -1.33. The number of halogens is 1. The number of hydrogen-bond donors (Lipinski definition) is 4. The van der Waals surface area contributed by atoms with E-state index in [1.807, 2.05) is 23.1 Å². The Kier molecular flexibility index (Phi) is 8.85. The molecule has 1 saturated heterocycles. The average Bonchev–Trinajstić information content (AvgIpc) is 2.99. The second-order valence-corrected chi connectivity index (χ2v) is 10.5. The summed E-state index contributed by atoms with van der Waals surface area (Å²) in [5.41, 5.74) is 3.10. The highest BCUT2D eigenvalue weighted by atomic mass is 19.1. The fraction of sp³-hybridized carbons (Fsp3) is 0.448. The quantitative estimate of drug-likeness (QED) is 0.381. The number of benzene rings is 1. The maximum absolute atomic E-state index is 15.7. The number of aliphatic carboxylic acids is 1. The summed E-state index contributed by atoms with van der Waals surface area (Å²) < 4.78 is 20.8. The molecule has 1 fully saturated rings. The lowest BCUT2D eigenvalue weighted by Gasteiger charge is -2.37. The van der Waals surface area contributed by atoms with Crippen LogP contribution in [0, 0.1) is 0 Å². The molecule has 1 aromatic heterocycles. The van der Waals surface area contributed by atoms with E-state index in [1.165, 1.54) is 5.56 Å². The standard InChI is InChI=1S/C29H36FN7O4/c1-36-18-33-27(37-14-11-20(12-15-37)22-10-9-21-8-5-13-31-25(21)34-22)24(30)26(36)32-16-23(28(38)39)35-29(40)41-17-19-6-3-2-4-7-19/h2-4,6-7,9-10,20,23,32H,5,8,11-18H2,1H3,(H,31,34)(H,35,40)(H,38,39)/t23-/m0/s1. The number of nitrogens with one attached hydrogen (secondary N) is 3. The summed E-state index contributed by atoms with van der Waals surface area (Å²) in [6.07, 6.45) is 2.95. The molecule has 1 atom stereocenters. The molecule has 4 N–H and O–H groups in total. The number of aliphatic imine (C=N–C) groups is 1. The van der Waals surface area contributed by atoms with E-state index in [4.69, 9.17) is 9.72 Å². The number of ether oxygens (including phenoxy) is 1. The highest BCUT2D eigenvalue weighted by molar-refractivity contribution is 5.97. The lowest BCUT2D eigenvalue weighted by molar-refractivity contribution is -0.139. The summed E-state index contributed by atoms with van der Waals surface area (Å²) in [6, 6.07) is 12.0. The normalized spacial score (nSPS) is 18.1. The Morgan fingerprint density at radius 3 is 2.73 bits per heavy atom. The summed E-state index contributed by atoms with van der Waals surface area (Å²) in [4.78, 5) is 36.8. The van der Waals surface area contributed by atoms with E-state index < -0.39 is 23.9 Å². The van der Waals surface area contributed by atoms with Crippen LogP contribution in [0.3, 0.4) is 0 Å². The van der Waals surface area contributed by atoms with Crippen LogP contribution in [0.2, 0.25) is 0 Å². The predicted octanol–water partition coefficient (Wildman–Crippen LogP) is 3.03. The van der Waals surface area contributed by atoms with Crippen molar-refractivity contribution in [1.82, 2.24) is 25.4 Å². The number of nitrogens with zero attached hydrogens (tertiary/aromatic N) is 4. The zero-order chi connectivity index (χ0) is 28.8. The molecule has 5 rings (SSSR count). The van der Waals surface area contributed by atoms with Gasteiger partial charge >= 0.3 is 12.1 Å². The molecule has 0 unspecified atom stereocenters. The molecular formula is C29H36FN7O4. The molecule has 1 aromatic carbocycles. The number of aryl methyl sites for hydroxylation is 1. The molecule has 3 aliphatic heterocycles. The Morgan fingerprint density at radius 1 is 1.20 bits per heavy atom. The number of aromatic nitrogens is 1. The molecule has 0 aliphatic carbocycles. The number of hydrogen-bond acceptors (Lipinski definition) is 9. The molecule has 0 bridgehead atoms. The lowest BCUT2D eigenvalue weighted by Crippen LogP contribution is -2.50. The Bertz CT molecular complexity index is 1310. The second kappa shape index (κ2) is 12.9. The Morgan fingerprint density at radius 2 is 1.98 bits per heavy atom. The fourth-order valence-corrected chi connectivity index (χ4v) is 5.30. The monoisotopic (exact) mass is 565 g/mol. The van der Waals surface area contributed by atoms with Gasteiger partial charge in [0.15, 0.2) is 5.84 Å². The van der Waals surface area contributed by atoms with Gasteiger partial charge in [0.05, 0.1) is 0 Å². The van der Waals surface area contributed by atoms with Crippen molar-refractivity contribution in [3.05, 3.63) is 70.9 Å². The van der Waals surface area contributed by atoms with Crippen LogP contribution in [0.25, 0.3) is 0 Å². The summed E-state index contributed by atoms with van der Waals surface area (Å²) in [5.74, 6) is -0.156. The molecule has 4 heterocycles. The highest BCUT2D eigenvalue weighted by Crippen LogP contribution is 2.31. The van der Waals surface area contributed by atoms with Crippen molar-refractivity contribution in [2.45, 2.75) is 44.2 Å². The van der Waals surface area contributed by atoms with Crippen LogP contribution in [0.15, 0.2) is 59.1 Å². The first kappa shape index (κ1) is 28.2. The number of rotatable bonds is 8. The number of piperidine rings is 1. The molecule has 0 radical (unpaired) electrons. The van der Waals surface area contributed by atoms with E-state index in [-0.39, 0.29) is 31.5 Å². The van der Waals surface area contributed by atoms with Gasteiger partial charge in [-0.15, -0.1) is 0 Å². The Hall–Kier alpha value is -4.35. The van der Waals surface area contributed by atoms with Crippen molar-refractivity contribution >= 4 is 23.7 Å². The maximum Gasteiger partial charge on any atom is 0.408 e. The molecule has 2 aromatic rings. The maximum atomic E-state index is 15.7. The summed E-state index contributed by atoms with van der Waals surface area (Å²) in [6.45, 7) is 2.19. The summed E-state index contributed by atoms with van der Waals surface area (Å²) in [7, 11) is 1.67. The van der Waals surface area contributed by atoms with Crippen LogP contribution in [0.4, 0.5) is 15.0 Å². The number of amidine groups is 1. The zero-order valence-corrected chi connectivity index (χ0v) is 23.1. The molecule has 1 amide bonds. The van der Waals surface area contributed by atoms with Gasteiger partial charge in [-0.1, -0.05) is 36.4 Å². The number of amides is 1. The largest absolute Gasteiger partial charge is 0.480 e. The van der Waals surface area contributed by atoms with Crippen LogP contribution in [0.5, 0.6) is 0 Å². The molecule has 11 nitrogen and oxygen atoms in total. The van der Waals surface area contributed by atoms with Gasteiger partial charge in [-0.3, -0.25) is 0 Å².